The van der Waals surface area contributed by atoms with Crippen LogP contribution in [0.15, 0.2) is 29.2 Å². The summed E-state index contributed by atoms with van der Waals surface area (Å²) in [5.74, 6) is -0.344. The van der Waals surface area contributed by atoms with Crippen molar-refractivity contribution >= 4 is 21.6 Å². The third-order valence-electron chi connectivity index (χ3n) is 2.61. The van der Waals surface area contributed by atoms with E-state index in [0.717, 1.165) is 0 Å². The summed E-state index contributed by atoms with van der Waals surface area (Å²) in [5, 5.41) is 7.61. The van der Waals surface area contributed by atoms with Crippen molar-refractivity contribution in [3.8, 4) is 0 Å². The molecule has 1 aromatic rings. The van der Waals surface area contributed by atoms with E-state index in [1.165, 1.54) is 25.3 Å². The van der Waals surface area contributed by atoms with Gasteiger partial charge in [-0.05, 0) is 26.0 Å². The highest BCUT2D eigenvalue weighted by Gasteiger charge is 2.22. The molecule has 0 radical (unpaired) electrons. The summed E-state index contributed by atoms with van der Waals surface area (Å²) in [4.78, 5) is 11.7. The van der Waals surface area contributed by atoms with Gasteiger partial charge in [-0.2, -0.15) is 0 Å². The van der Waals surface area contributed by atoms with Gasteiger partial charge in [0.1, 0.15) is 4.90 Å². The number of ether oxygens (including phenoxy) is 1. The van der Waals surface area contributed by atoms with Crippen molar-refractivity contribution in [1.29, 1.82) is 0 Å². The number of methoxy groups -OCH3 is 1. The molecule has 19 heavy (non-hydrogen) atoms. The lowest BCUT2D eigenvalue weighted by atomic mass is 10.0. The van der Waals surface area contributed by atoms with Crippen LogP contribution in [0.25, 0.3) is 0 Å². The summed E-state index contributed by atoms with van der Waals surface area (Å²) in [6, 6.07) is 5.98. The van der Waals surface area contributed by atoms with E-state index < -0.39 is 15.6 Å². The van der Waals surface area contributed by atoms with Gasteiger partial charge in [0.15, 0.2) is 0 Å². The van der Waals surface area contributed by atoms with Crippen LogP contribution < -0.4 is 10.5 Å². The fraction of sp³-hybridized carbons (Fsp3) is 0.417. The van der Waals surface area contributed by atoms with E-state index in [-0.39, 0.29) is 22.9 Å². The fourth-order valence-electron chi connectivity index (χ4n) is 1.47. The standard InChI is InChI=1S/C12H18N2O4S/c1-12(2,18-3)8-11(15)14-9-6-4-5-7-10(9)19(13,16)17/h4-7H,8H2,1-3H3,(H,14,15)(H2,13,16,17). The van der Waals surface area contributed by atoms with Crippen molar-refractivity contribution in [2.24, 2.45) is 5.14 Å². The van der Waals surface area contributed by atoms with Crippen LogP contribution in [0.3, 0.4) is 0 Å². The predicted molar refractivity (Wildman–Crippen MR) is 72.1 cm³/mol. The van der Waals surface area contributed by atoms with Crippen LogP contribution in [0.2, 0.25) is 0 Å². The Hall–Kier alpha value is -1.44. The minimum absolute atomic E-state index is 0.0997. The molecule has 0 unspecified atom stereocenters. The summed E-state index contributed by atoms with van der Waals surface area (Å²) in [6.45, 7) is 3.52. The number of rotatable bonds is 5. The molecule has 6 nitrogen and oxygen atoms in total. The van der Waals surface area contributed by atoms with Crippen molar-refractivity contribution in [1.82, 2.24) is 0 Å². The van der Waals surface area contributed by atoms with E-state index in [9.17, 15) is 13.2 Å². The Morgan fingerprint density at radius 3 is 2.47 bits per heavy atom. The third-order valence-corrected chi connectivity index (χ3v) is 3.58. The highest BCUT2D eigenvalue weighted by atomic mass is 32.2. The second kappa shape index (κ2) is 5.68. The molecule has 1 rings (SSSR count). The molecule has 0 aliphatic carbocycles. The molecule has 0 heterocycles. The molecule has 1 amide bonds. The van der Waals surface area contributed by atoms with E-state index in [2.05, 4.69) is 5.32 Å². The summed E-state index contributed by atoms with van der Waals surface area (Å²) in [5.41, 5.74) is -0.456. The van der Waals surface area contributed by atoms with E-state index in [4.69, 9.17) is 9.88 Å². The van der Waals surface area contributed by atoms with Gasteiger partial charge in [-0.3, -0.25) is 4.79 Å². The lowest BCUT2D eigenvalue weighted by Gasteiger charge is -2.22. The molecule has 7 heteroatoms. The van der Waals surface area contributed by atoms with Crippen molar-refractivity contribution in [2.45, 2.75) is 30.8 Å². The molecule has 106 valence electrons. The van der Waals surface area contributed by atoms with Crippen molar-refractivity contribution in [3.05, 3.63) is 24.3 Å². The van der Waals surface area contributed by atoms with Gasteiger partial charge in [-0.15, -0.1) is 0 Å². The van der Waals surface area contributed by atoms with Crippen molar-refractivity contribution in [2.75, 3.05) is 12.4 Å². The lowest BCUT2D eigenvalue weighted by molar-refractivity contribution is -0.121. The topological polar surface area (TPSA) is 98.5 Å². The Kier molecular flexibility index (Phi) is 4.67. The number of primary sulfonamides is 1. The molecule has 3 N–H and O–H groups in total. The van der Waals surface area contributed by atoms with Crippen LogP contribution in [0.4, 0.5) is 5.69 Å². The van der Waals surface area contributed by atoms with Crippen LogP contribution in [-0.2, 0) is 19.6 Å². The third kappa shape index (κ3) is 4.62. The number of amides is 1. The minimum Gasteiger partial charge on any atom is -0.378 e. The first-order valence-corrected chi connectivity index (χ1v) is 7.17. The average molecular weight is 286 g/mol. The number of carbonyl (C=O) groups excluding carboxylic acids is 1. The number of para-hydroxylation sites is 1. The molecule has 0 bridgehead atoms. The Bertz CT molecular complexity index is 567. The normalized spacial score (nSPS) is 12.2. The van der Waals surface area contributed by atoms with Gasteiger partial charge < -0.3 is 10.1 Å². The Balaban J connectivity index is 2.93. The summed E-state index contributed by atoms with van der Waals surface area (Å²) < 4.78 is 27.9. The van der Waals surface area contributed by atoms with Gasteiger partial charge >= 0.3 is 0 Å². The predicted octanol–water partition coefficient (Wildman–Crippen LogP) is 1.09. The second-order valence-electron chi connectivity index (χ2n) is 4.73. The average Bonchev–Trinajstić information content (AvgIpc) is 2.27. The van der Waals surface area contributed by atoms with E-state index in [1.54, 1.807) is 19.9 Å². The smallest absolute Gasteiger partial charge is 0.240 e. The Morgan fingerprint density at radius 2 is 1.95 bits per heavy atom. The number of sulfonamides is 1. The van der Waals surface area contributed by atoms with Gasteiger partial charge in [-0.1, -0.05) is 12.1 Å². The van der Waals surface area contributed by atoms with Gasteiger partial charge in [0.2, 0.25) is 15.9 Å². The zero-order valence-electron chi connectivity index (χ0n) is 11.1. The number of nitrogens with one attached hydrogen (secondary N) is 1. The van der Waals surface area contributed by atoms with Gasteiger partial charge in [0.05, 0.1) is 17.7 Å². The van der Waals surface area contributed by atoms with Crippen LogP contribution in [0, 0.1) is 0 Å². The Labute approximate surface area is 113 Å². The molecule has 0 saturated carbocycles. The van der Waals surface area contributed by atoms with Gasteiger partial charge in [-0.25, -0.2) is 13.6 Å². The van der Waals surface area contributed by atoms with E-state index in [1.807, 2.05) is 0 Å². The second-order valence-corrected chi connectivity index (χ2v) is 6.26. The van der Waals surface area contributed by atoms with Crippen LogP contribution in [0.5, 0.6) is 0 Å². The molecule has 0 aliphatic heterocycles. The molecule has 0 spiro atoms. The van der Waals surface area contributed by atoms with Crippen molar-refractivity contribution < 1.29 is 17.9 Å². The number of nitrogens with two attached hydrogens (primary N) is 1. The first-order valence-electron chi connectivity index (χ1n) is 5.62. The van der Waals surface area contributed by atoms with E-state index in [0.29, 0.717) is 0 Å². The van der Waals surface area contributed by atoms with Crippen LogP contribution in [-0.4, -0.2) is 27.0 Å². The monoisotopic (exact) mass is 286 g/mol. The number of carbonyl (C=O) groups is 1. The zero-order valence-corrected chi connectivity index (χ0v) is 12.0. The maximum Gasteiger partial charge on any atom is 0.240 e. The van der Waals surface area contributed by atoms with Gasteiger partial charge in [0, 0.05) is 7.11 Å². The maximum absolute atomic E-state index is 11.8. The Morgan fingerprint density at radius 1 is 1.37 bits per heavy atom. The lowest BCUT2D eigenvalue weighted by Crippen LogP contribution is -2.30. The summed E-state index contributed by atoms with van der Waals surface area (Å²) in [7, 11) is -2.37. The molecule has 0 fully saturated rings. The molecule has 0 atom stereocenters. The molecule has 0 saturated heterocycles. The fourth-order valence-corrected chi connectivity index (χ4v) is 2.17. The summed E-state index contributed by atoms with van der Waals surface area (Å²) in [6.07, 6.45) is 0.0997. The quantitative estimate of drug-likeness (QED) is 0.846. The largest absolute Gasteiger partial charge is 0.378 e. The molecular weight excluding hydrogens is 268 g/mol. The highest BCUT2D eigenvalue weighted by molar-refractivity contribution is 7.89. The number of hydrogen-bond donors (Lipinski definition) is 2. The highest BCUT2D eigenvalue weighted by Crippen LogP contribution is 2.21. The van der Waals surface area contributed by atoms with Crippen LogP contribution in [0.1, 0.15) is 20.3 Å². The van der Waals surface area contributed by atoms with Gasteiger partial charge in [0.25, 0.3) is 0 Å². The van der Waals surface area contributed by atoms with Crippen molar-refractivity contribution in [3.63, 3.8) is 0 Å². The summed E-state index contributed by atoms with van der Waals surface area (Å²) >= 11 is 0. The minimum atomic E-state index is -3.87. The number of anilines is 1. The first-order chi connectivity index (χ1) is 8.65. The first kappa shape index (κ1) is 15.6. The van der Waals surface area contributed by atoms with Crippen LogP contribution >= 0.6 is 0 Å². The molecular formula is C12H18N2O4S. The SMILES string of the molecule is COC(C)(C)CC(=O)Nc1ccccc1S(N)(=O)=O. The zero-order chi connectivity index (χ0) is 14.7. The molecule has 0 aliphatic rings. The molecule has 0 aromatic heterocycles. The maximum atomic E-state index is 11.8. The number of hydrogen-bond acceptors (Lipinski definition) is 4. The number of benzene rings is 1. The molecule has 1 aromatic carbocycles. The van der Waals surface area contributed by atoms with E-state index >= 15 is 0 Å².